The summed E-state index contributed by atoms with van der Waals surface area (Å²) >= 11 is 11.9. The van der Waals surface area contributed by atoms with Gasteiger partial charge in [0.25, 0.3) is 0 Å². The zero-order chi connectivity index (χ0) is 17.7. The van der Waals surface area contributed by atoms with Crippen molar-refractivity contribution in [2.45, 2.75) is 6.42 Å². The van der Waals surface area contributed by atoms with Gasteiger partial charge in [0.1, 0.15) is 5.75 Å². The number of hydrogen-bond donors (Lipinski definition) is 1. The predicted molar refractivity (Wildman–Crippen MR) is 93.1 cm³/mol. The zero-order valence-corrected chi connectivity index (χ0v) is 14.6. The first-order chi connectivity index (χ1) is 11.4. The second-order valence-electron chi connectivity index (χ2n) is 4.87. The summed E-state index contributed by atoms with van der Waals surface area (Å²) in [6, 6.07) is 9.55. The number of benzene rings is 2. The SMILES string of the molecule is COC(=O)c1ccc(OC)c(NC(=O)Cc2ccc(Cl)cc2Cl)c1. The van der Waals surface area contributed by atoms with E-state index in [0.717, 1.165) is 0 Å². The van der Waals surface area contributed by atoms with Gasteiger partial charge in [-0.05, 0) is 35.9 Å². The van der Waals surface area contributed by atoms with E-state index in [1.165, 1.54) is 20.3 Å². The van der Waals surface area contributed by atoms with Crippen molar-refractivity contribution in [2.75, 3.05) is 19.5 Å². The Morgan fingerprint density at radius 2 is 1.83 bits per heavy atom. The number of amides is 1. The van der Waals surface area contributed by atoms with Crippen molar-refractivity contribution in [1.82, 2.24) is 0 Å². The van der Waals surface area contributed by atoms with Gasteiger partial charge in [-0.1, -0.05) is 29.3 Å². The van der Waals surface area contributed by atoms with Gasteiger partial charge in [0.15, 0.2) is 0 Å². The topological polar surface area (TPSA) is 64.6 Å². The summed E-state index contributed by atoms with van der Waals surface area (Å²) < 4.78 is 9.86. The van der Waals surface area contributed by atoms with E-state index < -0.39 is 5.97 Å². The Morgan fingerprint density at radius 1 is 1.08 bits per heavy atom. The molecule has 0 aromatic heterocycles. The van der Waals surface area contributed by atoms with E-state index in [1.54, 1.807) is 30.3 Å². The summed E-state index contributed by atoms with van der Waals surface area (Å²) in [5.74, 6) is -0.383. The van der Waals surface area contributed by atoms with E-state index in [1.807, 2.05) is 0 Å². The molecule has 24 heavy (non-hydrogen) atoms. The average molecular weight is 368 g/mol. The monoisotopic (exact) mass is 367 g/mol. The lowest BCUT2D eigenvalue weighted by Gasteiger charge is -2.12. The van der Waals surface area contributed by atoms with E-state index in [2.05, 4.69) is 10.1 Å². The van der Waals surface area contributed by atoms with Crippen LogP contribution in [0.5, 0.6) is 5.75 Å². The number of carbonyl (C=O) groups is 2. The highest BCUT2D eigenvalue weighted by molar-refractivity contribution is 6.35. The molecule has 0 aliphatic rings. The fourth-order valence-corrected chi connectivity index (χ4v) is 2.56. The number of carbonyl (C=O) groups excluding carboxylic acids is 2. The molecule has 0 bridgehead atoms. The number of nitrogens with one attached hydrogen (secondary N) is 1. The largest absolute Gasteiger partial charge is 0.495 e. The number of halogens is 2. The smallest absolute Gasteiger partial charge is 0.337 e. The molecule has 0 spiro atoms. The first-order valence-corrected chi connectivity index (χ1v) is 7.70. The van der Waals surface area contributed by atoms with Crippen molar-refractivity contribution >= 4 is 40.8 Å². The maximum atomic E-state index is 12.3. The molecule has 1 N–H and O–H groups in total. The van der Waals surface area contributed by atoms with Gasteiger partial charge < -0.3 is 14.8 Å². The number of rotatable bonds is 5. The summed E-state index contributed by atoms with van der Waals surface area (Å²) in [6.07, 6.45) is 0.0572. The molecule has 0 heterocycles. The third-order valence-electron chi connectivity index (χ3n) is 3.26. The van der Waals surface area contributed by atoms with Gasteiger partial charge >= 0.3 is 5.97 Å². The van der Waals surface area contributed by atoms with Crippen LogP contribution in [-0.4, -0.2) is 26.1 Å². The molecule has 0 saturated carbocycles. The van der Waals surface area contributed by atoms with Crippen LogP contribution in [0.15, 0.2) is 36.4 Å². The normalized spacial score (nSPS) is 10.2. The van der Waals surface area contributed by atoms with Crippen molar-refractivity contribution in [3.05, 3.63) is 57.6 Å². The second-order valence-corrected chi connectivity index (χ2v) is 5.71. The van der Waals surface area contributed by atoms with E-state index in [0.29, 0.717) is 32.6 Å². The lowest BCUT2D eigenvalue weighted by atomic mass is 10.1. The van der Waals surface area contributed by atoms with Crippen LogP contribution in [0.2, 0.25) is 10.0 Å². The summed E-state index contributed by atoms with van der Waals surface area (Å²) in [5.41, 5.74) is 1.32. The van der Waals surface area contributed by atoms with Crippen LogP contribution in [-0.2, 0) is 16.0 Å². The predicted octanol–water partition coefficient (Wildman–Crippen LogP) is 3.97. The third kappa shape index (κ3) is 4.40. The van der Waals surface area contributed by atoms with Crippen LogP contribution < -0.4 is 10.1 Å². The molecule has 0 radical (unpaired) electrons. The highest BCUT2D eigenvalue weighted by Crippen LogP contribution is 2.27. The Balaban J connectivity index is 2.19. The fraction of sp³-hybridized carbons (Fsp3) is 0.176. The van der Waals surface area contributed by atoms with Crippen molar-refractivity contribution in [1.29, 1.82) is 0 Å². The van der Waals surface area contributed by atoms with Gasteiger partial charge in [-0.2, -0.15) is 0 Å². The maximum absolute atomic E-state index is 12.3. The molecule has 0 aliphatic heterocycles. The molecule has 7 heteroatoms. The molecule has 2 aromatic rings. The molecule has 0 unspecified atom stereocenters. The molecular weight excluding hydrogens is 353 g/mol. The number of hydrogen-bond acceptors (Lipinski definition) is 4. The lowest BCUT2D eigenvalue weighted by Crippen LogP contribution is -2.16. The van der Waals surface area contributed by atoms with Crippen LogP contribution in [0.3, 0.4) is 0 Å². The molecule has 0 atom stereocenters. The molecule has 1 amide bonds. The Hall–Kier alpha value is -2.24. The van der Waals surface area contributed by atoms with Gasteiger partial charge in [0.05, 0.1) is 31.9 Å². The molecule has 5 nitrogen and oxygen atoms in total. The lowest BCUT2D eigenvalue weighted by molar-refractivity contribution is -0.115. The Kier molecular flexibility index (Phi) is 6.06. The summed E-state index contributed by atoms with van der Waals surface area (Å²) in [5, 5.41) is 3.61. The highest BCUT2D eigenvalue weighted by Gasteiger charge is 2.14. The minimum Gasteiger partial charge on any atom is -0.495 e. The minimum absolute atomic E-state index is 0.0572. The van der Waals surface area contributed by atoms with Gasteiger partial charge in [-0.15, -0.1) is 0 Å². The Labute approximate surface area is 149 Å². The maximum Gasteiger partial charge on any atom is 0.337 e. The van der Waals surface area contributed by atoms with Crippen molar-refractivity contribution in [3.63, 3.8) is 0 Å². The Bertz CT molecular complexity index is 777. The molecular formula is C17H15Cl2NO4. The number of methoxy groups -OCH3 is 2. The van der Waals surface area contributed by atoms with E-state index in [4.69, 9.17) is 27.9 Å². The molecule has 2 rings (SSSR count). The van der Waals surface area contributed by atoms with Gasteiger partial charge in [-0.3, -0.25) is 4.79 Å². The van der Waals surface area contributed by atoms with Crippen LogP contribution >= 0.6 is 23.2 Å². The first-order valence-electron chi connectivity index (χ1n) is 6.94. The summed E-state index contributed by atoms with van der Waals surface area (Å²) in [6.45, 7) is 0. The van der Waals surface area contributed by atoms with Gasteiger partial charge in [0.2, 0.25) is 5.91 Å². The third-order valence-corrected chi connectivity index (χ3v) is 3.85. The summed E-state index contributed by atoms with van der Waals surface area (Å²) in [7, 11) is 2.76. The summed E-state index contributed by atoms with van der Waals surface area (Å²) in [4.78, 5) is 23.9. The van der Waals surface area contributed by atoms with E-state index >= 15 is 0 Å². The van der Waals surface area contributed by atoms with Crippen LogP contribution in [0.1, 0.15) is 15.9 Å². The van der Waals surface area contributed by atoms with Crippen LogP contribution in [0.4, 0.5) is 5.69 Å². The molecule has 126 valence electrons. The minimum atomic E-state index is -0.506. The molecule has 2 aromatic carbocycles. The quantitative estimate of drug-likeness (QED) is 0.812. The number of ether oxygens (including phenoxy) is 2. The van der Waals surface area contributed by atoms with Crippen molar-refractivity contribution in [3.8, 4) is 5.75 Å². The zero-order valence-electron chi connectivity index (χ0n) is 13.1. The van der Waals surface area contributed by atoms with Crippen LogP contribution in [0, 0.1) is 0 Å². The van der Waals surface area contributed by atoms with Gasteiger partial charge in [-0.25, -0.2) is 4.79 Å². The second kappa shape index (κ2) is 8.04. The van der Waals surface area contributed by atoms with Crippen molar-refractivity contribution < 1.29 is 19.1 Å². The standard InChI is InChI=1S/C17H15Cl2NO4/c1-23-15-6-4-11(17(22)24-2)7-14(15)20-16(21)8-10-3-5-12(18)9-13(10)19/h3-7,9H,8H2,1-2H3,(H,20,21). The van der Waals surface area contributed by atoms with E-state index in [-0.39, 0.29) is 12.3 Å². The van der Waals surface area contributed by atoms with Gasteiger partial charge in [0, 0.05) is 10.0 Å². The first kappa shape index (κ1) is 18.1. The van der Waals surface area contributed by atoms with Crippen LogP contribution in [0.25, 0.3) is 0 Å². The number of anilines is 1. The Morgan fingerprint density at radius 3 is 2.46 bits per heavy atom. The fourth-order valence-electron chi connectivity index (χ4n) is 2.08. The molecule has 0 aliphatic carbocycles. The average Bonchev–Trinajstić information content (AvgIpc) is 2.56. The molecule has 0 fully saturated rings. The highest BCUT2D eigenvalue weighted by atomic mass is 35.5. The van der Waals surface area contributed by atoms with Crippen molar-refractivity contribution in [2.24, 2.45) is 0 Å². The van der Waals surface area contributed by atoms with E-state index in [9.17, 15) is 9.59 Å². The number of esters is 1. The molecule has 0 saturated heterocycles.